The van der Waals surface area contributed by atoms with Gasteiger partial charge in [0, 0.05) is 0 Å². The van der Waals surface area contributed by atoms with Crippen LogP contribution in [0.5, 0.6) is 0 Å². The highest BCUT2D eigenvalue weighted by atomic mass is 16.7. The molecule has 118 valence electrons. The average Bonchev–Trinajstić information content (AvgIpc) is 2.36. The maximum absolute atomic E-state index is 9.63. The number of benzene rings is 1. The predicted octanol–water partition coefficient (Wildman–Crippen LogP) is -2.83. The minimum Gasteiger partial charge on any atom is -0.412 e. The van der Waals surface area contributed by atoms with Gasteiger partial charge in [0.15, 0.2) is 6.29 Å². The van der Waals surface area contributed by atoms with E-state index < -0.39 is 24.6 Å². The molecule has 0 aromatic heterocycles. The average molecular weight is 294 g/mol. The van der Waals surface area contributed by atoms with Gasteiger partial charge in [-0.2, -0.15) is 0 Å². The number of hydrogen-bond acceptors (Lipinski definition) is 5. The maximum atomic E-state index is 9.63. The van der Waals surface area contributed by atoms with Gasteiger partial charge in [-0.1, -0.05) is 30.3 Å². The zero-order chi connectivity index (χ0) is 12.3. The van der Waals surface area contributed by atoms with E-state index in [0.29, 0.717) is 0 Å². The summed E-state index contributed by atoms with van der Waals surface area (Å²) < 4.78 is 10.5. The molecule has 0 amide bonds. The van der Waals surface area contributed by atoms with Gasteiger partial charge >= 0.3 is 0 Å². The Hall–Kier alpha value is -1.10. The molecule has 1 fully saturated rings. The molecule has 1 aliphatic rings. The van der Waals surface area contributed by atoms with E-state index in [2.05, 4.69) is 0 Å². The second kappa shape index (κ2) is 9.75. The molecule has 1 heterocycles. The van der Waals surface area contributed by atoms with Gasteiger partial charge in [-0.15, -0.1) is 0 Å². The van der Waals surface area contributed by atoms with Crippen molar-refractivity contribution in [1.29, 1.82) is 0 Å². The summed E-state index contributed by atoms with van der Waals surface area (Å²) in [5, 5.41) is 28.3. The van der Waals surface area contributed by atoms with Crippen LogP contribution in [-0.4, -0.2) is 63.0 Å². The molecule has 0 aliphatic carbocycles. The summed E-state index contributed by atoms with van der Waals surface area (Å²) in [4.78, 5) is 0. The van der Waals surface area contributed by atoms with Crippen molar-refractivity contribution in [3.63, 3.8) is 0 Å². The highest BCUT2D eigenvalue weighted by Gasteiger charge is 2.38. The topological polar surface area (TPSA) is 174 Å². The van der Waals surface area contributed by atoms with Crippen molar-refractivity contribution in [3.05, 3.63) is 35.9 Å². The molecule has 0 radical (unpaired) electrons. The van der Waals surface area contributed by atoms with E-state index in [9.17, 15) is 15.3 Å². The smallest absolute Gasteiger partial charge is 0.186 e. The molecule has 0 saturated carbocycles. The Kier molecular flexibility index (Phi) is 10.3. The summed E-state index contributed by atoms with van der Waals surface area (Å²) in [7, 11) is 0. The second-order valence-electron chi connectivity index (χ2n) is 4.05. The Morgan fingerprint density at radius 1 is 1.00 bits per heavy atom. The third kappa shape index (κ3) is 5.12. The zero-order valence-corrected chi connectivity index (χ0v) is 10.8. The molecule has 0 unspecified atom stereocenters. The van der Waals surface area contributed by atoms with Gasteiger partial charge < -0.3 is 41.2 Å². The van der Waals surface area contributed by atoms with Crippen LogP contribution < -0.4 is 0 Å². The molecule has 0 bridgehead atoms. The van der Waals surface area contributed by atoms with Gasteiger partial charge in [0.2, 0.25) is 0 Å². The van der Waals surface area contributed by atoms with Crippen molar-refractivity contribution in [1.82, 2.24) is 0 Å². The van der Waals surface area contributed by atoms with Crippen LogP contribution in [0.3, 0.4) is 0 Å². The van der Waals surface area contributed by atoms with Gasteiger partial charge in [-0.3, -0.25) is 0 Å². The molecule has 20 heavy (non-hydrogen) atoms. The largest absolute Gasteiger partial charge is 0.412 e. The molecule has 9 N–H and O–H groups in total. The third-order valence-corrected chi connectivity index (χ3v) is 2.71. The van der Waals surface area contributed by atoms with E-state index in [4.69, 9.17) is 9.47 Å². The molecule has 4 atom stereocenters. The van der Waals surface area contributed by atoms with Crippen LogP contribution in [0.15, 0.2) is 30.3 Å². The summed E-state index contributed by atoms with van der Waals surface area (Å²) >= 11 is 0. The fourth-order valence-electron chi connectivity index (χ4n) is 1.68. The van der Waals surface area contributed by atoms with Gasteiger partial charge in [0.25, 0.3) is 0 Å². The molecule has 1 aliphatic heterocycles. The van der Waals surface area contributed by atoms with Crippen LogP contribution in [0.2, 0.25) is 0 Å². The number of aliphatic hydroxyl groups is 3. The van der Waals surface area contributed by atoms with Gasteiger partial charge in [0.1, 0.15) is 18.3 Å². The summed E-state index contributed by atoms with van der Waals surface area (Å²) in [6.07, 6.45) is -4.44. The standard InChI is InChI=1S/C12H16O5.3H2O/c13-9-7-17-12(11(15)10(9)14)16-6-8-4-2-1-3-5-8;;;/h1-5,9-15H,6-7H2;3*1H2/t9-,10-,11-,12-;;;/m1.../s1. The highest BCUT2D eigenvalue weighted by Crippen LogP contribution is 2.17. The number of hydrogen-bond donors (Lipinski definition) is 3. The Bertz CT molecular complexity index is 347. The molecule has 8 heteroatoms. The van der Waals surface area contributed by atoms with E-state index in [1.54, 1.807) is 0 Å². The van der Waals surface area contributed by atoms with Crippen molar-refractivity contribution < 1.29 is 41.2 Å². The normalized spacial score (nSPS) is 28.6. The molecular formula is C12H22O8. The number of rotatable bonds is 3. The van der Waals surface area contributed by atoms with Gasteiger partial charge in [0.05, 0.1) is 13.2 Å². The van der Waals surface area contributed by atoms with Crippen molar-refractivity contribution in [3.8, 4) is 0 Å². The Balaban J connectivity index is 0. The van der Waals surface area contributed by atoms with E-state index in [-0.39, 0.29) is 29.6 Å². The molecule has 1 aromatic rings. The minimum absolute atomic E-state index is 0. The van der Waals surface area contributed by atoms with Crippen LogP contribution >= 0.6 is 0 Å². The first-order valence-corrected chi connectivity index (χ1v) is 5.50. The lowest BCUT2D eigenvalue weighted by atomic mass is 10.1. The lowest BCUT2D eigenvalue weighted by Crippen LogP contribution is -2.53. The van der Waals surface area contributed by atoms with Crippen molar-refractivity contribution in [2.75, 3.05) is 6.61 Å². The molecule has 1 aromatic carbocycles. The van der Waals surface area contributed by atoms with E-state index >= 15 is 0 Å². The van der Waals surface area contributed by atoms with E-state index in [1.807, 2.05) is 30.3 Å². The number of aliphatic hydroxyl groups excluding tert-OH is 3. The van der Waals surface area contributed by atoms with Crippen molar-refractivity contribution in [2.45, 2.75) is 31.2 Å². The molecule has 0 spiro atoms. The minimum atomic E-state index is -1.23. The molecule has 1 saturated heterocycles. The number of ether oxygens (including phenoxy) is 2. The van der Waals surface area contributed by atoms with Crippen LogP contribution in [0.1, 0.15) is 5.56 Å². The SMILES string of the molecule is O.O.O.O[C@H]1[C@H](OCc2ccccc2)OC[C@@H](O)[C@H]1O. The first-order valence-electron chi connectivity index (χ1n) is 5.50. The van der Waals surface area contributed by atoms with Gasteiger partial charge in [-0.25, -0.2) is 0 Å². The Morgan fingerprint density at radius 3 is 2.20 bits per heavy atom. The fourth-order valence-corrected chi connectivity index (χ4v) is 1.68. The van der Waals surface area contributed by atoms with Crippen LogP contribution in [0.25, 0.3) is 0 Å². The first-order chi connectivity index (χ1) is 8.18. The highest BCUT2D eigenvalue weighted by molar-refractivity contribution is 5.13. The fraction of sp³-hybridized carbons (Fsp3) is 0.500. The Labute approximate surface area is 116 Å². The zero-order valence-electron chi connectivity index (χ0n) is 10.8. The summed E-state index contributed by atoms with van der Waals surface area (Å²) in [5.41, 5.74) is 0.948. The monoisotopic (exact) mass is 294 g/mol. The lowest BCUT2D eigenvalue weighted by molar-refractivity contribution is -0.273. The first kappa shape index (κ1) is 21.2. The van der Waals surface area contributed by atoms with Crippen LogP contribution in [0, 0.1) is 0 Å². The van der Waals surface area contributed by atoms with E-state index in [0.717, 1.165) is 5.56 Å². The maximum Gasteiger partial charge on any atom is 0.186 e. The summed E-state index contributed by atoms with van der Waals surface area (Å²) in [5.74, 6) is 0. The van der Waals surface area contributed by atoms with Crippen LogP contribution in [0.4, 0.5) is 0 Å². The molecule has 2 rings (SSSR count). The Morgan fingerprint density at radius 2 is 1.60 bits per heavy atom. The molecular weight excluding hydrogens is 272 g/mol. The molecule has 8 nitrogen and oxygen atoms in total. The van der Waals surface area contributed by atoms with E-state index in [1.165, 1.54) is 0 Å². The third-order valence-electron chi connectivity index (χ3n) is 2.71. The van der Waals surface area contributed by atoms with Crippen molar-refractivity contribution in [2.24, 2.45) is 0 Å². The van der Waals surface area contributed by atoms with Gasteiger partial charge in [-0.05, 0) is 5.56 Å². The predicted molar refractivity (Wildman–Crippen MR) is 69.8 cm³/mol. The van der Waals surface area contributed by atoms with Crippen molar-refractivity contribution >= 4 is 0 Å². The lowest BCUT2D eigenvalue weighted by Gasteiger charge is -2.34. The summed E-state index contributed by atoms with van der Waals surface area (Å²) in [6.45, 7) is 0.239. The second-order valence-corrected chi connectivity index (χ2v) is 4.05. The quantitative estimate of drug-likeness (QED) is 0.543. The summed E-state index contributed by atoms with van der Waals surface area (Å²) in [6, 6.07) is 9.45. The van der Waals surface area contributed by atoms with Crippen LogP contribution in [-0.2, 0) is 16.1 Å².